The lowest BCUT2D eigenvalue weighted by Gasteiger charge is -2.43. The largest absolute Gasteiger partial charge is 0.314 e. The predicted octanol–water partition coefficient (Wildman–Crippen LogP) is 3.52. The summed E-state index contributed by atoms with van der Waals surface area (Å²) in [5.41, 5.74) is 0.412. The number of nitrogens with one attached hydrogen (secondary N) is 1. The highest BCUT2D eigenvalue weighted by atomic mass is 15.2. The lowest BCUT2D eigenvalue weighted by molar-refractivity contribution is 0.0629. The molecular formula is C16H34N2. The molecule has 3 unspecified atom stereocenters. The lowest BCUT2D eigenvalue weighted by Crippen LogP contribution is -2.50. The SMILES string of the molecule is CCC(C)(CNC(C)C)CN1CCCC(C)C1C. The van der Waals surface area contributed by atoms with Crippen LogP contribution in [0, 0.1) is 11.3 Å². The fourth-order valence-corrected chi connectivity index (χ4v) is 2.88. The zero-order valence-electron chi connectivity index (χ0n) is 13.4. The third kappa shape index (κ3) is 4.55. The van der Waals surface area contributed by atoms with Crippen LogP contribution in [0.5, 0.6) is 0 Å². The predicted molar refractivity (Wildman–Crippen MR) is 81.0 cm³/mol. The summed E-state index contributed by atoms with van der Waals surface area (Å²) in [6.07, 6.45) is 4.04. The molecule has 0 spiro atoms. The molecule has 0 bridgehead atoms. The third-order valence-electron chi connectivity index (χ3n) is 4.88. The first-order valence-corrected chi connectivity index (χ1v) is 7.85. The van der Waals surface area contributed by atoms with Gasteiger partial charge in [0.1, 0.15) is 0 Å². The van der Waals surface area contributed by atoms with Crippen molar-refractivity contribution in [3.8, 4) is 0 Å². The van der Waals surface area contributed by atoms with Crippen molar-refractivity contribution in [2.24, 2.45) is 11.3 Å². The van der Waals surface area contributed by atoms with E-state index in [0.717, 1.165) is 18.5 Å². The van der Waals surface area contributed by atoms with E-state index in [1.807, 2.05) is 0 Å². The van der Waals surface area contributed by atoms with Gasteiger partial charge in [-0.2, -0.15) is 0 Å². The van der Waals surface area contributed by atoms with E-state index in [4.69, 9.17) is 0 Å². The first-order valence-electron chi connectivity index (χ1n) is 7.85. The van der Waals surface area contributed by atoms with Crippen LogP contribution < -0.4 is 5.32 Å². The molecule has 1 saturated heterocycles. The second-order valence-corrected chi connectivity index (χ2v) is 7.03. The minimum Gasteiger partial charge on any atom is -0.314 e. The maximum Gasteiger partial charge on any atom is 0.00928 e. The fourth-order valence-electron chi connectivity index (χ4n) is 2.88. The summed E-state index contributed by atoms with van der Waals surface area (Å²) in [6, 6.07) is 1.34. The molecule has 0 aromatic rings. The van der Waals surface area contributed by atoms with Gasteiger partial charge in [0, 0.05) is 25.2 Å². The van der Waals surface area contributed by atoms with Crippen LogP contribution in [0.3, 0.4) is 0 Å². The Balaban J connectivity index is 2.55. The molecule has 1 aliphatic rings. The van der Waals surface area contributed by atoms with Gasteiger partial charge in [-0.15, -0.1) is 0 Å². The highest BCUT2D eigenvalue weighted by molar-refractivity contribution is 4.86. The van der Waals surface area contributed by atoms with Gasteiger partial charge in [0.25, 0.3) is 0 Å². The summed E-state index contributed by atoms with van der Waals surface area (Å²) in [5, 5.41) is 3.63. The summed E-state index contributed by atoms with van der Waals surface area (Å²) < 4.78 is 0. The number of piperidine rings is 1. The van der Waals surface area contributed by atoms with Crippen molar-refractivity contribution < 1.29 is 0 Å². The van der Waals surface area contributed by atoms with Crippen LogP contribution in [0.4, 0.5) is 0 Å². The van der Waals surface area contributed by atoms with Crippen molar-refractivity contribution in [1.29, 1.82) is 0 Å². The molecule has 2 heteroatoms. The lowest BCUT2D eigenvalue weighted by atomic mass is 9.83. The molecule has 2 nitrogen and oxygen atoms in total. The van der Waals surface area contributed by atoms with Gasteiger partial charge >= 0.3 is 0 Å². The number of likely N-dealkylation sites (tertiary alicyclic amines) is 1. The Kier molecular flexibility index (Phi) is 6.13. The van der Waals surface area contributed by atoms with E-state index in [-0.39, 0.29) is 0 Å². The molecule has 108 valence electrons. The Labute approximate surface area is 115 Å². The van der Waals surface area contributed by atoms with Gasteiger partial charge in [0.15, 0.2) is 0 Å². The molecule has 0 radical (unpaired) electrons. The smallest absolute Gasteiger partial charge is 0.00928 e. The zero-order valence-corrected chi connectivity index (χ0v) is 13.4. The Hall–Kier alpha value is -0.0800. The zero-order chi connectivity index (χ0) is 13.8. The van der Waals surface area contributed by atoms with Crippen LogP contribution >= 0.6 is 0 Å². The molecular weight excluding hydrogens is 220 g/mol. The maximum absolute atomic E-state index is 3.63. The van der Waals surface area contributed by atoms with E-state index >= 15 is 0 Å². The topological polar surface area (TPSA) is 15.3 Å². The van der Waals surface area contributed by atoms with E-state index in [1.54, 1.807) is 0 Å². The summed E-state index contributed by atoms with van der Waals surface area (Å²) in [7, 11) is 0. The molecule has 0 aromatic heterocycles. The highest BCUT2D eigenvalue weighted by Gasteiger charge is 2.31. The maximum atomic E-state index is 3.63. The van der Waals surface area contributed by atoms with Crippen LogP contribution in [0.15, 0.2) is 0 Å². The van der Waals surface area contributed by atoms with Crippen LogP contribution in [0.2, 0.25) is 0 Å². The summed E-state index contributed by atoms with van der Waals surface area (Å²) in [6.45, 7) is 17.7. The van der Waals surface area contributed by atoms with Gasteiger partial charge in [0.2, 0.25) is 0 Å². The van der Waals surface area contributed by atoms with Gasteiger partial charge in [-0.1, -0.05) is 34.6 Å². The summed E-state index contributed by atoms with van der Waals surface area (Å²) in [4.78, 5) is 2.72. The first-order chi connectivity index (χ1) is 8.38. The van der Waals surface area contributed by atoms with Crippen molar-refractivity contribution in [2.45, 2.75) is 72.9 Å². The van der Waals surface area contributed by atoms with Crippen molar-refractivity contribution in [3.05, 3.63) is 0 Å². The van der Waals surface area contributed by atoms with Gasteiger partial charge in [-0.3, -0.25) is 4.90 Å². The van der Waals surface area contributed by atoms with Crippen molar-refractivity contribution in [2.75, 3.05) is 19.6 Å². The second-order valence-electron chi connectivity index (χ2n) is 7.03. The monoisotopic (exact) mass is 254 g/mol. The van der Waals surface area contributed by atoms with E-state index < -0.39 is 0 Å². The molecule has 3 atom stereocenters. The second kappa shape index (κ2) is 6.91. The van der Waals surface area contributed by atoms with E-state index in [0.29, 0.717) is 11.5 Å². The summed E-state index contributed by atoms with van der Waals surface area (Å²) in [5.74, 6) is 0.859. The Bertz CT molecular complexity index is 239. The number of rotatable bonds is 6. The molecule has 1 rings (SSSR count). The van der Waals surface area contributed by atoms with E-state index in [1.165, 1.54) is 32.4 Å². The van der Waals surface area contributed by atoms with Crippen LogP contribution in [-0.4, -0.2) is 36.6 Å². The quantitative estimate of drug-likeness (QED) is 0.780. The van der Waals surface area contributed by atoms with Gasteiger partial charge in [-0.05, 0) is 44.1 Å². The van der Waals surface area contributed by atoms with Crippen molar-refractivity contribution in [3.63, 3.8) is 0 Å². The first kappa shape index (κ1) is 16.0. The van der Waals surface area contributed by atoms with Crippen LogP contribution in [0.25, 0.3) is 0 Å². The molecule has 0 aliphatic carbocycles. The third-order valence-corrected chi connectivity index (χ3v) is 4.88. The Morgan fingerprint density at radius 3 is 2.56 bits per heavy atom. The molecule has 1 heterocycles. The normalized spacial score (nSPS) is 29.5. The molecule has 1 fully saturated rings. The average molecular weight is 254 g/mol. The van der Waals surface area contributed by atoms with Crippen LogP contribution in [-0.2, 0) is 0 Å². The van der Waals surface area contributed by atoms with Gasteiger partial charge < -0.3 is 5.32 Å². The van der Waals surface area contributed by atoms with Gasteiger partial charge in [0.05, 0.1) is 0 Å². The molecule has 18 heavy (non-hydrogen) atoms. The average Bonchev–Trinajstić information content (AvgIpc) is 2.33. The number of hydrogen-bond acceptors (Lipinski definition) is 2. The molecule has 1 aliphatic heterocycles. The molecule has 0 aromatic carbocycles. The number of hydrogen-bond donors (Lipinski definition) is 1. The Morgan fingerprint density at radius 1 is 1.33 bits per heavy atom. The van der Waals surface area contributed by atoms with Gasteiger partial charge in [-0.25, -0.2) is 0 Å². The minimum absolute atomic E-state index is 0.412. The van der Waals surface area contributed by atoms with Crippen molar-refractivity contribution >= 4 is 0 Å². The Morgan fingerprint density at radius 2 is 2.00 bits per heavy atom. The number of nitrogens with zero attached hydrogens (tertiary/aromatic N) is 1. The van der Waals surface area contributed by atoms with Crippen LogP contribution in [0.1, 0.15) is 60.8 Å². The summed E-state index contributed by atoms with van der Waals surface area (Å²) >= 11 is 0. The minimum atomic E-state index is 0.412. The fraction of sp³-hybridized carbons (Fsp3) is 1.00. The highest BCUT2D eigenvalue weighted by Crippen LogP contribution is 2.28. The van der Waals surface area contributed by atoms with Crippen molar-refractivity contribution in [1.82, 2.24) is 10.2 Å². The van der Waals surface area contributed by atoms with E-state index in [2.05, 4.69) is 51.8 Å². The molecule has 1 N–H and O–H groups in total. The molecule has 0 saturated carbocycles. The standard InChI is InChI=1S/C16H34N2/c1-7-16(6,11-17-13(2)3)12-18-10-8-9-14(4)15(18)5/h13-15,17H,7-12H2,1-6H3. The molecule has 0 amide bonds. The van der Waals surface area contributed by atoms with E-state index in [9.17, 15) is 0 Å².